The van der Waals surface area contributed by atoms with Gasteiger partial charge in [0.25, 0.3) is 0 Å². The molecule has 0 radical (unpaired) electrons. The van der Waals surface area contributed by atoms with Gasteiger partial charge in [-0.15, -0.1) is 0 Å². The molecule has 1 aliphatic rings. The van der Waals surface area contributed by atoms with Gasteiger partial charge >= 0.3 is 0 Å². The average molecular weight is 481 g/mol. The zero-order valence-electron chi connectivity index (χ0n) is 18.6. The summed E-state index contributed by atoms with van der Waals surface area (Å²) in [6.45, 7) is 8.96. The molecule has 6 heteroatoms. The van der Waals surface area contributed by atoms with Crippen molar-refractivity contribution >= 4 is 40.9 Å². The van der Waals surface area contributed by atoms with Gasteiger partial charge in [0.2, 0.25) is 5.91 Å². The molecular formula is C25H31Cl2NO2S. The van der Waals surface area contributed by atoms with Crippen LogP contribution in [0, 0.1) is 5.92 Å². The van der Waals surface area contributed by atoms with Gasteiger partial charge in [-0.1, -0.05) is 75.2 Å². The zero-order chi connectivity index (χ0) is 22.5. The lowest BCUT2D eigenvalue weighted by Gasteiger charge is -2.45. The fraction of sp³-hybridized carbons (Fsp3) is 0.480. The highest BCUT2D eigenvalue weighted by atomic mass is 35.5. The Bertz CT molecular complexity index is 874. The molecule has 0 aromatic heterocycles. The molecule has 0 unspecified atom stereocenters. The fourth-order valence-electron chi connectivity index (χ4n) is 3.87. The normalized spacial score (nSPS) is 21.4. The number of benzene rings is 2. The van der Waals surface area contributed by atoms with Gasteiger partial charge in [0.05, 0.1) is 6.04 Å². The number of morpholine rings is 1. The Morgan fingerprint density at radius 2 is 1.77 bits per heavy atom. The summed E-state index contributed by atoms with van der Waals surface area (Å²) >= 11 is 14.4. The third-order valence-electron chi connectivity index (χ3n) is 6.00. The van der Waals surface area contributed by atoms with Crippen LogP contribution in [-0.2, 0) is 9.53 Å². The maximum atomic E-state index is 13.2. The quantitative estimate of drug-likeness (QED) is 0.401. The summed E-state index contributed by atoms with van der Waals surface area (Å²) in [7, 11) is 0. The molecule has 0 saturated carbocycles. The van der Waals surface area contributed by atoms with Gasteiger partial charge in [-0.2, -0.15) is 11.8 Å². The number of nitrogens with zero attached hydrogens (tertiary/aromatic N) is 1. The molecular weight excluding hydrogens is 449 g/mol. The summed E-state index contributed by atoms with van der Waals surface area (Å²) in [6.07, 6.45) is 0.592. The van der Waals surface area contributed by atoms with E-state index in [0.717, 1.165) is 23.3 Å². The van der Waals surface area contributed by atoms with Crippen LogP contribution < -0.4 is 0 Å². The topological polar surface area (TPSA) is 29.5 Å². The van der Waals surface area contributed by atoms with Crippen LogP contribution in [-0.4, -0.2) is 34.5 Å². The molecule has 1 amide bonds. The van der Waals surface area contributed by atoms with Gasteiger partial charge in [-0.25, -0.2) is 0 Å². The highest BCUT2D eigenvalue weighted by Crippen LogP contribution is 2.43. The van der Waals surface area contributed by atoms with E-state index in [1.165, 1.54) is 0 Å². The monoisotopic (exact) mass is 479 g/mol. The fourth-order valence-corrected chi connectivity index (χ4v) is 5.50. The van der Waals surface area contributed by atoms with E-state index in [2.05, 4.69) is 32.6 Å². The van der Waals surface area contributed by atoms with E-state index in [9.17, 15) is 4.79 Å². The molecule has 31 heavy (non-hydrogen) atoms. The smallest absolute Gasteiger partial charge is 0.249 e. The van der Waals surface area contributed by atoms with E-state index in [-0.39, 0.29) is 30.7 Å². The van der Waals surface area contributed by atoms with Crippen LogP contribution >= 0.6 is 35.0 Å². The van der Waals surface area contributed by atoms with Crippen LogP contribution in [0.1, 0.15) is 57.4 Å². The SMILES string of the molecule is CC[C@@H](CS[C@@H](C)C(C)C)N1C(=O)CO[C@H](c2cccc(Cl)c2)[C@H]1c1ccc(Cl)cc1. The number of carbonyl (C=O) groups excluding carboxylic acids is 1. The Balaban J connectivity index is 2.00. The number of thioether (sulfide) groups is 1. The van der Waals surface area contributed by atoms with Gasteiger partial charge < -0.3 is 9.64 Å². The van der Waals surface area contributed by atoms with Gasteiger partial charge in [-0.3, -0.25) is 4.79 Å². The standard InChI is InChI=1S/C25H31Cl2NO2S/c1-5-22(15-31-17(4)16(2)3)28-23(29)14-30-25(19-7-6-8-21(27)13-19)24(28)18-9-11-20(26)12-10-18/h6-13,16-17,22,24-25H,5,14-15H2,1-4H3/t17-,22-,24+,25+/m0/s1. The van der Waals surface area contributed by atoms with E-state index < -0.39 is 0 Å². The second-order valence-electron chi connectivity index (χ2n) is 8.43. The molecule has 3 nitrogen and oxygen atoms in total. The van der Waals surface area contributed by atoms with Gasteiger partial charge in [0.1, 0.15) is 12.7 Å². The van der Waals surface area contributed by atoms with Crippen molar-refractivity contribution in [1.29, 1.82) is 0 Å². The lowest BCUT2D eigenvalue weighted by atomic mass is 9.91. The molecule has 168 valence electrons. The van der Waals surface area contributed by atoms with Crippen molar-refractivity contribution < 1.29 is 9.53 Å². The van der Waals surface area contributed by atoms with Crippen molar-refractivity contribution in [1.82, 2.24) is 4.90 Å². The molecule has 2 aromatic carbocycles. The first-order valence-corrected chi connectivity index (χ1v) is 12.7. The summed E-state index contributed by atoms with van der Waals surface area (Å²) < 4.78 is 6.13. The van der Waals surface area contributed by atoms with E-state index in [0.29, 0.717) is 21.2 Å². The number of rotatable bonds is 8. The Hall–Kier alpha value is -1.20. The summed E-state index contributed by atoms with van der Waals surface area (Å²) in [4.78, 5) is 15.3. The largest absolute Gasteiger partial charge is 0.361 e. The highest BCUT2D eigenvalue weighted by Gasteiger charge is 2.41. The zero-order valence-corrected chi connectivity index (χ0v) is 20.9. The molecule has 1 aliphatic heterocycles. The number of ether oxygens (including phenoxy) is 1. The Kier molecular flexibility index (Phi) is 8.74. The second kappa shape index (κ2) is 11.1. The van der Waals surface area contributed by atoms with Crippen molar-refractivity contribution in [2.75, 3.05) is 12.4 Å². The summed E-state index contributed by atoms with van der Waals surface area (Å²) in [5.41, 5.74) is 1.99. The molecule has 0 N–H and O–H groups in total. The number of carbonyl (C=O) groups is 1. The first-order chi connectivity index (χ1) is 14.8. The minimum Gasteiger partial charge on any atom is -0.361 e. The Morgan fingerprint density at radius 1 is 1.06 bits per heavy atom. The Labute approximate surface area is 200 Å². The third-order valence-corrected chi connectivity index (χ3v) is 8.14. The summed E-state index contributed by atoms with van der Waals surface area (Å²) in [5, 5.41) is 1.86. The minimum atomic E-state index is -0.292. The first kappa shape index (κ1) is 24.4. The molecule has 2 aromatic rings. The van der Waals surface area contributed by atoms with Gasteiger partial charge in [-0.05, 0) is 47.7 Å². The highest BCUT2D eigenvalue weighted by molar-refractivity contribution is 7.99. The average Bonchev–Trinajstić information content (AvgIpc) is 2.75. The van der Waals surface area contributed by atoms with Crippen molar-refractivity contribution in [3.05, 3.63) is 69.7 Å². The Morgan fingerprint density at radius 3 is 2.39 bits per heavy atom. The van der Waals surface area contributed by atoms with E-state index in [1.807, 2.05) is 60.3 Å². The van der Waals surface area contributed by atoms with Gasteiger partial charge in [0.15, 0.2) is 0 Å². The molecule has 0 bridgehead atoms. The van der Waals surface area contributed by atoms with E-state index >= 15 is 0 Å². The third kappa shape index (κ3) is 5.98. The lowest BCUT2D eigenvalue weighted by molar-refractivity contribution is -0.162. The van der Waals surface area contributed by atoms with E-state index in [1.54, 1.807) is 0 Å². The van der Waals surface area contributed by atoms with Crippen LogP contribution in [0.15, 0.2) is 48.5 Å². The summed E-state index contributed by atoms with van der Waals surface area (Å²) in [6, 6.07) is 15.3. The summed E-state index contributed by atoms with van der Waals surface area (Å²) in [5.74, 6) is 1.52. The van der Waals surface area contributed by atoms with Crippen molar-refractivity contribution in [2.24, 2.45) is 5.92 Å². The van der Waals surface area contributed by atoms with Crippen molar-refractivity contribution in [3.8, 4) is 0 Å². The van der Waals surface area contributed by atoms with Crippen LogP contribution in [0.2, 0.25) is 10.0 Å². The molecule has 4 atom stereocenters. The number of halogens is 2. The number of hydrogen-bond donors (Lipinski definition) is 0. The van der Waals surface area contributed by atoms with Gasteiger partial charge in [0, 0.05) is 27.1 Å². The molecule has 0 aliphatic carbocycles. The number of hydrogen-bond acceptors (Lipinski definition) is 3. The van der Waals surface area contributed by atoms with E-state index in [4.69, 9.17) is 27.9 Å². The van der Waals surface area contributed by atoms with Crippen LogP contribution in [0.3, 0.4) is 0 Å². The molecule has 1 heterocycles. The van der Waals surface area contributed by atoms with Crippen molar-refractivity contribution in [3.63, 3.8) is 0 Å². The maximum Gasteiger partial charge on any atom is 0.249 e. The molecule has 1 saturated heterocycles. The molecule has 0 spiro atoms. The van der Waals surface area contributed by atoms with Crippen LogP contribution in [0.25, 0.3) is 0 Å². The van der Waals surface area contributed by atoms with Crippen molar-refractivity contribution in [2.45, 2.75) is 57.6 Å². The number of amides is 1. The second-order valence-corrected chi connectivity index (χ2v) is 10.7. The maximum absolute atomic E-state index is 13.2. The molecule has 1 fully saturated rings. The lowest BCUT2D eigenvalue weighted by Crippen LogP contribution is -2.51. The van der Waals surface area contributed by atoms with Crippen LogP contribution in [0.4, 0.5) is 0 Å². The predicted octanol–water partition coefficient (Wildman–Crippen LogP) is 7.19. The predicted molar refractivity (Wildman–Crippen MR) is 132 cm³/mol. The minimum absolute atomic E-state index is 0.0304. The van der Waals surface area contributed by atoms with Crippen LogP contribution in [0.5, 0.6) is 0 Å². The first-order valence-electron chi connectivity index (χ1n) is 10.9. The molecule has 3 rings (SSSR count).